The molecule has 0 heterocycles. The van der Waals surface area contributed by atoms with Crippen molar-refractivity contribution >= 4 is 5.97 Å². The Morgan fingerprint density at radius 1 is 1.03 bits per heavy atom. The van der Waals surface area contributed by atoms with Gasteiger partial charge in [0, 0.05) is 18.8 Å². The van der Waals surface area contributed by atoms with E-state index in [1.54, 1.807) is 13.0 Å². The van der Waals surface area contributed by atoms with Crippen molar-refractivity contribution in [3.63, 3.8) is 0 Å². The van der Waals surface area contributed by atoms with Crippen molar-refractivity contribution in [1.29, 1.82) is 0 Å². The minimum Gasteiger partial charge on any atom is -0.481 e. The van der Waals surface area contributed by atoms with E-state index in [4.69, 9.17) is 26.2 Å². The first kappa shape index (κ1) is 32.7. The van der Waals surface area contributed by atoms with Gasteiger partial charge in [0.25, 0.3) is 0 Å². The number of hydrogen-bond donors (Lipinski definition) is 8. The molecule has 0 amide bonds. The molecule has 0 saturated heterocycles. The van der Waals surface area contributed by atoms with Crippen molar-refractivity contribution < 1.29 is 40.5 Å². The van der Waals surface area contributed by atoms with Crippen LogP contribution in [0.25, 0.3) is 0 Å². The molecule has 0 bridgehead atoms. The maximum absolute atomic E-state index is 10.5. The minimum atomic E-state index is -1.21. The molecule has 0 spiro atoms. The first-order valence-corrected chi connectivity index (χ1v) is 12.2. The normalized spacial score (nSPS) is 24.9. The zero-order valence-electron chi connectivity index (χ0n) is 20.7. The molecule has 0 aromatic heterocycles. The van der Waals surface area contributed by atoms with E-state index >= 15 is 0 Å². The molecule has 0 unspecified atom stereocenters. The van der Waals surface area contributed by atoms with Crippen molar-refractivity contribution in [1.82, 2.24) is 0 Å². The molecular formula is C25H47NO8. The summed E-state index contributed by atoms with van der Waals surface area (Å²) in [5, 5.41) is 64.6. The van der Waals surface area contributed by atoms with E-state index in [1.807, 2.05) is 18.2 Å². The fourth-order valence-electron chi connectivity index (χ4n) is 3.73. The Morgan fingerprint density at radius 2 is 1.65 bits per heavy atom. The number of hydrogen-bond acceptors (Lipinski definition) is 8. The third-order valence-corrected chi connectivity index (χ3v) is 6.16. The number of aliphatic carboxylic acids is 1. The van der Waals surface area contributed by atoms with Crippen LogP contribution >= 0.6 is 0 Å². The third kappa shape index (κ3) is 13.5. The molecule has 0 radical (unpaired) electrons. The Morgan fingerprint density at radius 3 is 2.15 bits per heavy atom. The van der Waals surface area contributed by atoms with E-state index < -0.39 is 49.1 Å². The second kappa shape index (κ2) is 17.2. The Balaban J connectivity index is 0.00000116. The number of carboxylic acids is 1. The molecule has 9 N–H and O–H groups in total. The predicted octanol–water partition coefficient (Wildman–Crippen LogP) is 1.09. The molecule has 34 heavy (non-hydrogen) atoms. The van der Waals surface area contributed by atoms with E-state index in [-0.39, 0.29) is 18.3 Å². The molecule has 1 fully saturated rings. The van der Waals surface area contributed by atoms with Gasteiger partial charge in [0.15, 0.2) is 0 Å². The average Bonchev–Trinajstić information content (AvgIpc) is 3.06. The van der Waals surface area contributed by atoms with Gasteiger partial charge in [-0.25, -0.2) is 0 Å². The summed E-state index contributed by atoms with van der Waals surface area (Å²) in [5.41, 5.74) is 3.05. The van der Waals surface area contributed by atoms with E-state index in [0.29, 0.717) is 32.1 Å². The maximum atomic E-state index is 10.5. The molecule has 1 aliphatic rings. The Labute approximate surface area is 203 Å². The van der Waals surface area contributed by atoms with Crippen molar-refractivity contribution in [3.8, 4) is 0 Å². The lowest BCUT2D eigenvalue weighted by Gasteiger charge is -2.23. The number of aliphatic hydroxyl groups is 6. The van der Waals surface area contributed by atoms with Crippen molar-refractivity contribution in [2.45, 2.75) is 95.0 Å². The average molecular weight is 490 g/mol. The van der Waals surface area contributed by atoms with Gasteiger partial charge in [0.1, 0.15) is 0 Å². The van der Waals surface area contributed by atoms with Gasteiger partial charge in [-0.05, 0) is 38.5 Å². The van der Waals surface area contributed by atoms with Crippen molar-refractivity contribution in [2.75, 3.05) is 19.8 Å². The number of nitrogens with two attached hydrogens (primary N) is 1. The van der Waals surface area contributed by atoms with Crippen LogP contribution in [0.4, 0.5) is 0 Å². The van der Waals surface area contributed by atoms with Crippen LogP contribution in [-0.2, 0) is 4.79 Å². The lowest BCUT2D eigenvalue weighted by molar-refractivity contribution is -0.137. The topological polar surface area (TPSA) is 185 Å². The van der Waals surface area contributed by atoms with Gasteiger partial charge < -0.3 is 41.5 Å². The highest BCUT2D eigenvalue weighted by Gasteiger charge is 2.39. The summed E-state index contributed by atoms with van der Waals surface area (Å²) in [6, 6.07) is 0. The van der Waals surface area contributed by atoms with Gasteiger partial charge in [-0.2, -0.15) is 0 Å². The largest absolute Gasteiger partial charge is 0.481 e. The molecule has 0 aromatic rings. The summed E-state index contributed by atoms with van der Waals surface area (Å²) < 4.78 is 0. The van der Waals surface area contributed by atoms with Crippen molar-refractivity contribution in [3.05, 3.63) is 24.3 Å². The van der Waals surface area contributed by atoms with E-state index in [1.165, 1.54) is 0 Å². The summed E-state index contributed by atoms with van der Waals surface area (Å²) in [7, 11) is 0. The van der Waals surface area contributed by atoms with E-state index in [2.05, 4.69) is 6.92 Å². The van der Waals surface area contributed by atoms with E-state index in [0.717, 1.165) is 19.3 Å². The summed E-state index contributed by atoms with van der Waals surface area (Å²) in [5.74, 6) is -1.04. The Hall–Kier alpha value is -1.33. The molecule has 1 rings (SSSR count). The molecule has 5 atom stereocenters. The van der Waals surface area contributed by atoms with Gasteiger partial charge in [-0.3, -0.25) is 4.79 Å². The minimum absolute atomic E-state index is 0.0802. The molecule has 9 nitrogen and oxygen atoms in total. The fourth-order valence-corrected chi connectivity index (χ4v) is 3.73. The number of carboxylic acid groups (broad SMARTS) is 1. The Bertz CT molecular complexity index is 595. The van der Waals surface area contributed by atoms with Crippen LogP contribution in [0.5, 0.6) is 0 Å². The van der Waals surface area contributed by atoms with Crippen molar-refractivity contribution in [2.24, 2.45) is 17.6 Å². The zero-order valence-corrected chi connectivity index (χ0v) is 20.7. The van der Waals surface area contributed by atoms with Crippen LogP contribution in [0.15, 0.2) is 24.3 Å². The van der Waals surface area contributed by atoms with Gasteiger partial charge in [0.2, 0.25) is 0 Å². The first-order chi connectivity index (χ1) is 15.9. The van der Waals surface area contributed by atoms with Gasteiger partial charge in [-0.1, -0.05) is 50.5 Å². The van der Waals surface area contributed by atoms with Crippen LogP contribution in [0.1, 0.15) is 71.6 Å². The van der Waals surface area contributed by atoms with Crippen LogP contribution in [-0.4, -0.2) is 84.9 Å². The molecule has 200 valence electrons. The van der Waals surface area contributed by atoms with Gasteiger partial charge in [0.05, 0.1) is 43.2 Å². The smallest absolute Gasteiger partial charge is 0.303 e. The number of allylic oxidation sites excluding steroid dienone is 2. The summed E-state index contributed by atoms with van der Waals surface area (Å²) in [6.07, 6.45) is 12.7. The predicted molar refractivity (Wildman–Crippen MR) is 131 cm³/mol. The standard InChI is InChI=1S/C21H36O5.C4H11NO3/c1-3-4-9-13-21(2,26)14-12-17-16(18(22)15-19(17)23)10-7-5-6-8-11-20(24)25;5-4(1-6,2-7)3-8/h5,7,12,14,16-19,22-23,26H,3-4,6,8-11,13,15H2,1-2H3,(H,24,25);6-8H,1-3,5H2/t16-,17+,18+,19-,21+;/m1./s1. The summed E-state index contributed by atoms with van der Waals surface area (Å²) >= 11 is 0. The number of carbonyl (C=O) groups is 1. The molecule has 0 aliphatic heterocycles. The summed E-state index contributed by atoms with van der Waals surface area (Å²) in [6.45, 7) is 2.70. The third-order valence-electron chi connectivity index (χ3n) is 6.16. The van der Waals surface area contributed by atoms with Crippen LogP contribution in [0.3, 0.4) is 0 Å². The molecule has 1 saturated carbocycles. The highest BCUT2D eigenvalue weighted by atomic mass is 16.4. The lowest BCUT2D eigenvalue weighted by atomic mass is 9.88. The van der Waals surface area contributed by atoms with Crippen LogP contribution in [0, 0.1) is 11.8 Å². The number of rotatable bonds is 15. The van der Waals surface area contributed by atoms with Crippen LogP contribution < -0.4 is 5.73 Å². The molecule has 9 heteroatoms. The monoisotopic (exact) mass is 489 g/mol. The molecular weight excluding hydrogens is 442 g/mol. The maximum Gasteiger partial charge on any atom is 0.303 e. The highest BCUT2D eigenvalue weighted by molar-refractivity contribution is 5.66. The lowest BCUT2D eigenvalue weighted by Crippen LogP contribution is -2.50. The SMILES string of the molecule is CCCCC[C@](C)(O)C=C[C@H]1[C@@H](CC=CCCCC(=O)O)[C@@H](O)C[C@H]1O.NC(CO)(CO)CO. The summed E-state index contributed by atoms with van der Waals surface area (Å²) in [4.78, 5) is 10.5. The second-order valence-corrected chi connectivity index (χ2v) is 9.61. The first-order valence-electron chi connectivity index (χ1n) is 12.2. The second-order valence-electron chi connectivity index (χ2n) is 9.61. The van der Waals surface area contributed by atoms with Crippen LogP contribution in [0.2, 0.25) is 0 Å². The fraction of sp³-hybridized carbons (Fsp3) is 0.800. The quantitative estimate of drug-likeness (QED) is 0.123. The number of aliphatic hydroxyl groups excluding tert-OH is 5. The number of unbranched alkanes of at least 4 members (excludes halogenated alkanes) is 3. The highest BCUT2D eigenvalue weighted by Crippen LogP contribution is 2.37. The molecule has 0 aromatic carbocycles. The Kier molecular flexibility index (Phi) is 16.5. The van der Waals surface area contributed by atoms with Gasteiger partial charge in [-0.15, -0.1) is 0 Å². The molecule has 1 aliphatic carbocycles. The van der Waals surface area contributed by atoms with E-state index in [9.17, 15) is 20.1 Å². The van der Waals surface area contributed by atoms with Gasteiger partial charge >= 0.3 is 5.97 Å². The zero-order chi connectivity index (χ0) is 26.2.